The van der Waals surface area contributed by atoms with Crippen LogP contribution in [0.5, 0.6) is 0 Å². The van der Waals surface area contributed by atoms with Crippen LogP contribution in [0.1, 0.15) is 18.5 Å². The summed E-state index contributed by atoms with van der Waals surface area (Å²) in [6.45, 7) is 3.02. The zero-order valence-electron chi connectivity index (χ0n) is 13.4. The number of nitrogens with zero attached hydrogens (tertiary/aromatic N) is 4. The van der Waals surface area contributed by atoms with Gasteiger partial charge < -0.3 is 14.5 Å². The van der Waals surface area contributed by atoms with Gasteiger partial charge in [0.05, 0.1) is 12.1 Å². The lowest BCUT2D eigenvalue weighted by molar-refractivity contribution is -0.145. The van der Waals surface area contributed by atoms with E-state index in [-0.39, 0.29) is 17.9 Å². The molecular weight excluding hydrogens is 328 g/mol. The molecule has 2 amide bonds. The predicted octanol–water partition coefficient (Wildman–Crippen LogP) is 0.788. The number of piperazine rings is 1. The molecule has 2 aliphatic rings. The summed E-state index contributed by atoms with van der Waals surface area (Å²) in [4.78, 5) is 33.8. The number of imidazole rings is 1. The van der Waals surface area contributed by atoms with Gasteiger partial charge in [-0.3, -0.25) is 14.0 Å². The first-order valence-corrected chi connectivity index (χ1v) is 9.18. The Bertz CT molecular complexity index is 713. The SMILES string of the molecule is O=C(Cc1cn2ccsc2n1)N1CCN(C(=O)C2CCCO2)CC1. The van der Waals surface area contributed by atoms with Gasteiger partial charge in [-0.2, -0.15) is 0 Å². The Hall–Kier alpha value is -1.93. The van der Waals surface area contributed by atoms with Crippen molar-refractivity contribution in [2.75, 3.05) is 32.8 Å². The first kappa shape index (κ1) is 15.6. The minimum absolute atomic E-state index is 0.0740. The fourth-order valence-electron chi connectivity index (χ4n) is 3.28. The van der Waals surface area contributed by atoms with Gasteiger partial charge in [-0.1, -0.05) is 0 Å². The Morgan fingerprint density at radius 3 is 2.75 bits per heavy atom. The Kier molecular flexibility index (Phi) is 4.24. The number of carbonyl (C=O) groups excluding carboxylic acids is 2. The normalized spacial score (nSPS) is 21.6. The lowest BCUT2D eigenvalue weighted by Gasteiger charge is -2.35. The number of hydrogen-bond donors (Lipinski definition) is 0. The van der Waals surface area contributed by atoms with Crippen LogP contribution in [-0.2, 0) is 20.7 Å². The molecule has 1 unspecified atom stereocenters. The minimum Gasteiger partial charge on any atom is -0.368 e. The number of ether oxygens (including phenoxy) is 1. The number of amides is 2. The Morgan fingerprint density at radius 1 is 1.25 bits per heavy atom. The summed E-state index contributed by atoms with van der Waals surface area (Å²) in [6, 6.07) is 0. The second-order valence-corrected chi connectivity index (χ2v) is 7.08. The molecule has 0 radical (unpaired) electrons. The molecule has 2 fully saturated rings. The highest BCUT2D eigenvalue weighted by Crippen LogP contribution is 2.17. The van der Waals surface area contributed by atoms with Gasteiger partial charge in [-0.05, 0) is 12.8 Å². The van der Waals surface area contributed by atoms with Crippen molar-refractivity contribution in [3.63, 3.8) is 0 Å². The molecule has 0 saturated carbocycles. The third kappa shape index (κ3) is 3.03. The van der Waals surface area contributed by atoms with Crippen LogP contribution in [0.4, 0.5) is 0 Å². The molecule has 0 spiro atoms. The van der Waals surface area contributed by atoms with Crippen LogP contribution in [0.25, 0.3) is 4.96 Å². The first-order valence-electron chi connectivity index (χ1n) is 8.30. The summed E-state index contributed by atoms with van der Waals surface area (Å²) < 4.78 is 7.40. The molecule has 7 nitrogen and oxygen atoms in total. The maximum absolute atomic E-state index is 12.5. The molecular formula is C16H20N4O3S. The van der Waals surface area contributed by atoms with Crippen molar-refractivity contribution in [1.29, 1.82) is 0 Å². The first-order chi connectivity index (χ1) is 11.7. The van der Waals surface area contributed by atoms with Crippen LogP contribution < -0.4 is 0 Å². The van der Waals surface area contributed by atoms with E-state index >= 15 is 0 Å². The Balaban J connectivity index is 1.31. The number of hydrogen-bond acceptors (Lipinski definition) is 5. The topological polar surface area (TPSA) is 67.2 Å². The third-order valence-corrected chi connectivity index (χ3v) is 5.40. The van der Waals surface area contributed by atoms with E-state index in [0.29, 0.717) is 39.2 Å². The highest BCUT2D eigenvalue weighted by atomic mass is 32.1. The molecule has 2 saturated heterocycles. The van der Waals surface area contributed by atoms with E-state index in [1.54, 1.807) is 11.3 Å². The van der Waals surface area contributed by atoms with E-state index in [0.717, 1.165) is 23.5 Å². The maximum Gasteiger partial charge on any atom is 0.251 e. The summed E-state index contributed by atoms with van der Waals surface area (Å²) >= 11 is 1.56. The number of fused-ring (bicyclic) bond motifs is 1. The van der Waals surface area contributed by atoms with E-state index in [9.17, 15) is 9.59 Å². The highest BCUT2D eigenvalue weighted by molar-refractivity contribution is 7.15. The van der Waals surface area contributed by atoms with Crippen molar-refractivity contribution >= 4 is 28.1 Å². The van der Waals surface area contributed by atoms with E-state index in [1.807, 2.05) is 32.0 Å². The van der Waals surface area contributed by atoms with Gasteiger partial charge >= 0.3 is 0 Å². The molecule has 8 heteroatoms. The van der Waals surface area contributed by atoms with Crippen molar-refractivity contribution in [2.24, 2.45) is 0 Å². The van der Waals surface area contributed by atoms with Crippen molar-refractivity contribution in [1.82, 2.24) is 19.2 Å². The van der Waals surface area contributed by atoms with Gasteiger partial charge in [-0.25, -0.2) is 4.98 Å². The number of aromatic nitrogens is 2. The maximum atomic E-state index is 12.5. The van der Waals surface area contributed by atoms with Gasteiger partial charge in [0.1, 0.15) is 6.10 Å². The molecule has 24 heavy (non-hydrogen) atoms. The lowest BCUT2D eigenvalue weighted by Crippen LogP contribution is -2.53. The standard InChI is InChI=1S/C16H20N4O3S/c21-14(10-12-11-20-7-9-24-16(20)17-12)18-3-5-19(6-4-18)15(22)13-2-1-8-23-13/h7,9,11,13H,1-6,8,10H2. The fraction of sp³-hybridized carbons (Fsp3) is 0.562. The van der Waals surface area contributed by atoms with E-state index in [4.69, 9.17) is 4.74 Å². The lowest BCUT2D eigenvalue weighted by atomic mass is 10.2. The van der Waals surface area contributed by atoms with Gasteiger partial charge in [0.25, 0.3) is 5.91 Å². The zero-order chi connectivity index (χ0) is 16.5. The Labute approximate surface area is 143 Å². The molecule has 2 aromatic heterocycles. The van der Waals surface area contributed by atoms with E-state index in [1.165, 1.54) is 0 Å². The second-order valence-electron chi connectivity index (χ2n) is 6.21. The number of rotatable bonds is 3. The average molecular weight is 348 g/mol. The summed E-state index contributed by atoms with van der Waals surface area (Å²) in [6.07, 6.45) is 5.66. The molecule has 4 rings (SSSR count). The van der Waals surface area contributed by atoms with Crippen molar-refractivity contribution < 1.29 is 14.3 Å². The summed E-state index contributed by atoms with van der Waals surface area (Å²) in [5.74, 6) is 0.152. The molecule has 0 bridgehead atoms. The van der Waals surface area contributed by atoms with Crippen molar-refractivity contribution in [2.45, 2.75) is 25.4 Å². The fourth-order valence-corrected chi connectivity index (χ4v) is 4.00. The molecule has 2 aromatic rings. The third-order valence-electron chi connectivity index (χ3n) is 4.62. The van der Waals surface area contributed by atoms with Crippen LogP contribution >= 0.6 is 11.3 Å². The van der Waals surface area contributed by atoms with Crippen LogP contribution in [0.2, 0.25) is 0 Å². The second kappa shape index (κ2) is 6.52. The predicted molar refractivity (Wildman–Crippen MR) is 88.9 cm³/mol. The summed E-state index contributed by atoms with van der Waals surface area (Å²) in [7, 11) is 0. The van der Waals surface area contributed by atoms with Crippen LogP contribution in [0, 0.1) is 0 Å². The van der Waals surface area contributed by atoms with E-state index in [2.05, 4.69) is 4.98 Å². The number of thiazole rings is 1. The molecule has 128 valence electrons. The minimum atomic E-state index is -0.272. The van der Waals surface area contributed by atoms with Crippen LogP contribution in [0.3, 0.4) is 0 Å². The van der Waals surface area contributed by atoms with Crippen LogP contribution in [0.15, 0.2) is 17.8 Å². The molecule has 2 aliphatic heterocycles. The van der Waals surface area contributed by atoms with Gasteiger partial charge in [0, 0.05) is 50.6 Å². The van der Waals surface area contributed by atoms with Gasteiger partial charge in [0.2, 0.25) is 5.91 Å². The molecule has 0 N–H and O–H groups in total. The monoisotopic (exact) mass is 348 g/mol. The summed E-state index contributed by atoms with van der Waals surface area (Å²) in [5.41, 5.74) is 0.796. The summed E-state index contributed by atoms with van der Waals surface area (Å²) in [5, 5.41) is 1.97. The zero-order valence-corrected chi connectivity index (χ0v) is 14.2. The van der Waals surface area contributed by atoms with Gasteiger partial charge in [-0.15, -0.1) is 11.3 Å². The van der Waals surface area contributed by atoms with E-state index < -0.39 is 0 Å². The largest absolute Gasteiger partial charge is 0.368 e. The molecule has 1 atom stereocenters. The quantitative estimate of drug-likeness (QED) is 0.822. The van der Waals surface area contributed by atoms with Gasteiger partial charge in [0.15, 0.2) is 4.96 Å². The van der Waals surface area contributed by atoms with Crippen LogP contribution in [-0.4, -0.2) is 69.9 Å². The molecule has 0 aliphatic carbocycles. The average Bonchev–Trinajstić information content (AvgIpc) is 3.31. The number of carbonyl (C=O) groups is 2. The molecule has 0 aromatic carbocycles. The molecule has 4 heterocycles. The van der Waals surface area contributed by atoms with Crippen molar-refractivity contribution in [3.05, 3.63) is 23.5 Å². The van der Waals surface area contributed by atoms with Crippen molar-refractivity contribution in [3.8, 4) is 0 Å². The smallest absolute Gasteiger partial charge is 0.251 e. The highest BCUT2D eigenvalue weighted by Gasteiger charge is 2.31. The Morgan fingerprint density at radius 2 is 2.04 bits per heavy atom.